The van der Waals surface area contributed by atoms with Gasteiger partial charge in [-0.15, -0.1) is 0 Å². The van der Waals surface area contributed by atoms with Gasteiger partial charge in [0.1, 0.15) is 0 Å². The van der Waals surface area contributed by atoms with E-state index in [1.807, 2.05) is 0 Å². The number of carbonyl (C=O) groups excluding carboxylic acids is 1. The van der Waals surface area contributed by atoms with Gasteiger partial charge in [0, 0.05) is 0 Å². The minimum absolute atomic E-state index is 0.0399. The lowest BCUT2D eigenvalue weighted by Gasteiger charge is -2.18. The van der Waals surface area contributed by atoms with Gasteiger partial charge in [-0.25, -0.2) is 0 Å². The van der Waals surface area contributed by atoms with Crippen molar-refractivity contribution in [2.24, 2.45) is 11.8 Å². The monoisotopic (exact) mass is 438 g/mol. The summed E-state index contributed by atoms with van der Waals surface area (Å²) in [5.41, 5.74) is 0. The first kappa shape index (κ1) is 30.5. The average Bonchev–Trinajstić information content (AvgIpc) is 2.78. The summed E-state index contributed by atoms with van der Waals surface area (Å²) in [6.45, 7) is 9.49. The molecule has 0 aromatic heterocycles. The van der Waals surface area contributed by atoms with Gasteiger partial charge in [0.25, 0.3) is 0 Å². The van der Waals surface area contributed by atoms with Crippen molar-refractivity contribution in [3.8, 4) is 0 Å². The fraction of sp³-hybridized carbons (Fsp3) is 0.966. The Morgan fingerprint density at radius 1 is 0.548 bits per heavy atom. The topological polar surface area (TPSA) is 26.3 Å². The van der Waals surface area contributed by atoms with Crippen LogP contribution in [0.4, 0.5) is 0 Å². The number of unbranched alkanes of at least 4 members (excludes halogenated alkanes) is 15. The zero-order chi connectivity index (χ0) is 23.0. The van der Waals surface area contributed by atoms with Gasteiger partial charge in [-0.1, -0.05) is 143 Å². The van der Waals surface area contributed by atoms with Crippen molar-refractivity contribution in [1.29, 1.82) is 0 Å². The predicted molar refractivity (Wildman–Crippen MR) is 138 cm³/mol. The van der Waals surface area contributed by atoms with Crippen molar-refractivity contribution in [2.45, 2.75) is 163 Å². The first-order chi connectivity index (χ1) is 15.2. The van der Waals surface area contributed by atoms with Crippen molar-refractivity contribution in [3.63, 3.8) is 0 Å². The molecule has 2 nitrogen and oxygen atoms in total. The molecular formula is C29H58O2. The summed E-state index contributed by atoms with van der Waals surface area (Å²) in [5.74, 6) is 0.674. The van der Waals surface area contributed by atoms with E-state index in [-0.39, 0.29) is 11.9 Å². The average molecular weight is 439 g/mol. The Kier molecular flexibility index (Phi) is 23.7. The summed E-state index contributed by atoms with van der Waals surface area (Å²) in [7, 11) is 0. The van der Waals surface area contributed by atoms with Gasteiger partial charge in [-0.2, -0.15) is 0 Å². The van der Waals surface area contributed by atoms with E-state index in [1.165, 1.54) is 128 Å². The van der Waals surface area contributed by atoms with Crippen molar-refractivity contribution >= 4 is 5.97 Å². The second-order valence-electron chi connectivity index (χ2n) is 10.1. The van der Waals surface area contributed by atoms with Crippen LogP contribution in [0.2, 0.25) is 0 Å². The Balaban J connectivity index is 3.71. The Morgan fingerprint density at radius 2 is 0.935 bits per heavy atom. The third-order valence-electron chi connectivity index (χ3n) is 6.79. The highest BCUT2D eigenvalue weighted by Gasteiger charge is 2.17. The maximum absolute atomic E-state index is 12.4. The maximum atomic E-state index is 12.4. The minimum Gasteiger partial charge on any atom is -0.465 e. The van der Waals surface area contributed by atoms with E-state index in [9.17, 15) is 4.79 Å². The molecule has 2 heteroatoms. The van der Waals surface area contributed by atoms with E-state index in [2.05, 4.69) is 27.7 Å². The van der Waals surface area contributed by atoms with Crippen molar-refractivity contribution < 1.29 is 9.53 Å². The van der Waals surface area contributed by atoms with Crippen LogP contribution < -0.4 is 0 Å². The third kappa shape index (κ3) is 21.1. The Bertz CT molecular complexity index is 366. The molecule has 0 saturated carbocycles. The number of hydrogen-bond acceptors (Lipinski definition) is 2. The molecule has 0 aliphatic carbocycles. The van der Waals surface area contributed by atoms with E-state index in [0.717, 1.165) is 6.42 Å². The van der Waals surface area contributed by atoms with Crippen LogP contribution in [0.1, 0.15) is 163 Å². The summed E-state index contributed by atoms with van der Waals surface area (Å²) < 4.78 is 5.74. The molecule has 2 unspecified atom stereocenters. The zero-order valence-corrected chi connectivity index (χ0v) is 22.0. The van der Waals surface area contributed by atoms with Crippen LogP contribution in [-0.4, -0.2) is 12.6 Å². The normalized spacial score (nSPS) is 13.3. The van der Waals surface area contributed by atoms with Gasteiger partial charge in [0.05, 0.1) is 12.5 Å². The van der Waals surface area contributed by atoms with Crippen LogP contribution in [-0.2, 0) is 9.53 Å². The predicted octanol–water partition coefficient (Wildman–Crippen LogP) is 10.0. The number of ether oxygens (including phenoxy) is 1. The van der Waals surface area contributed by atoms with Gasteiger partial charge in [-0.05, 0) is 25.2 Å². The summed E-state index contributed by atoms with van der Waals surface area (Å²) in [5, 5.41) is 0. The molecule has 0 fully saturated rings. The number of carbonyl (C=O) groups is 1. The molecule has 0 N–H and O–H groups in total. The van der Waals surface area contributed by atoms with Crippen LogP contribution in [0.3, 0.4) is 0 Å². The molecule has 0 radical (unpaired) electrons. The fourth-order valence-corrected chi connectivity index (χ4v) is 4.42. The number of rotatable bonds is 24. The van der Waals surface area contributed by atoms with E-state index >= 15 is 0 Å². The maximum Gasteiger partial charge on any atom is 0.308 e. The molecule has 0 aliphatic rings. The summed E-state index contributed by atoms with van der Waals surface area (Å²) in [6, 6.07) is 0. The van der Waals surface area contributed by atoms with Crippen molar-refractivity contribution in [1.82, 2.24) is 0 Å². The Morgan fingerprint density at radius 3 is 1.45 bits per heavy atom. The highest BCUT2D eigenvalue weighted by Crippen LogP contribution is 2.20. The second-order valence-corrected chi connectivity index (χ2v) is 10.1. The smallest absolute Gasteiger partial charge is 0.308 e. The number of esters is 1. The molecule has 0 saturated heterocycles. The van der Waals surface area contributed by atoms with E-state index in [0.29, 0.717) is 12.5 Å². The SMILES string of the molecule is CCCCCCCCCCCCCCC(C)C(=O)OCC(CCCC)CCCCCC. The van der Waals surface area contributed by atoms with Gasteiger partial charge < -0.3 is 4.74 Å². The van der Waals surface area contributed by atoms with Crippen LogP contribution in [0.5, 0.6) is 0 Å². The molecular weight excluding hydrogens is 380 g/mol. The van der Waals surface area contributed by atoms with Crippen LogP contribution in [0.25, 0.3) is 0 Å². The fourth-order valence-electron chi connectivity index (χ4n) is 4.42. The van der Waals surface area contributed by atoms with Gasteiger partial charge in [-0.3, -0.25) is 4.79 Å². The first-order valence-corrected chi connectivity index (χ1v) is 14.3. The second kappa shape index (κ2) is 24.1. The molecule has 0 spiro atoms. The summed E-state index contributed by atoms with van der Waals surface area (Å²) in [6.07, 6.45) is 27.5. The molecule has 0 aliphatic heterocycles. The molecule has 0 aromatic rings. The highest BCUT2D eigenvalue weighted by atomic mass is 16.5. The van der Waals surface area contributed by atoms with Gasteiger partial charge in [0.2, 0.25) is 0 Å². The first-order valence-electron chi connectivity index (χ1n) is 14.3. The van der Waals surface area contributed by atoms with E-state index < -0.39 is 0 Å². The Hall–Kier alpha value is -0.530. The highest BCUT2D eigenvalue weighted by molar-refractivity contribution is 5.71. The molecule has 0 rings (SSSR count). The molecule has 0 aromatic carbocycles. The lowest BCUT2D eigenvalue weighted by molar-refractivity contribution is -0.149. The molecule has 31 heavy (non-hydrogen) atoms. The van der Waals surface area contributed by atoms with Crippen molar-refractivity contribution in [3.05, 3.63) is 0 Å². The van der Waals surface area contributed by atoms with Gasteiger partial charge >= 0.3 is 5.97 Å². The standard InChI is InChI=1S/C29H58O2/c1-5-8-11-13-14-15-16-17-18-19-20-21-23-27(4)29(30)31-26-28(24-10-7-3)25-22-12-9-6-2/h27-28H,5-26H2,1-4H3. The minimum atomic E-state index is 0.0399. The largest absolute Gasteiger partial charge is 0.465 e. The quantitative estimate of drug-likeness (QED) is 0.111. The molecule has 0 bridgehead atoms. The van der Waals surface area contributed by atoms with Gasteiger partial charge in [0.15, 0.2) is 0 Å². The third-order valence-corrected chi connectivity index (χ3v) is 6.79. The molecule has 0 heterocycles. The van der Waals surface area contributed by atoms with Crippen LogP contribution in [0.15, 0.2) is 0 Å². The molecule has 2 atom stereocenters. The summed E-state index contributed by atoms with van der Waals surface area (Å²) in [4.78, 5) is 12.4. The number of hydrogen-bond donors (Lipinski definition) is 0. The lowest BCUT2D eigenvalue weighted by Crippen LogP contribution is -2.19. The van der Waals surface area contributed by atoms with E-state index in [4.69, 9.17) is 4.74 Å². The molecule has 186 valence electrons. The lowest BCUT2D eigenvalue weighted by atomic mass is 9.96. The summed E-state index contributed by atoms with van der Waals surface area (Å²) >= 11 is 0. The molecule has 0 amide bonds. The van der Waals surface area contributed by atoms with Crippen molar-refractivity contribution in [2.75, 3.05) is 6.61 Å². The van der Waals surface area contributed by atoms with E-state index in [1.54, 1.807) is 0 Å². The zero-order valence-electron chi connectivity index (χ0n) is 22.0. The van der Waals surface area contributed by atoms with Crippen LogP contribution in [0, 0.1) is 11.8 Å². The van der Waals surface area contributed by atoms with Crippen LogP contribution >= 0.6 is 0 Å². The Labute approximate surface area is 196 Å².